The van der Waals surface area contributed by atoms with Crippen LogP contribution in [0.3, 0.4) is 0 Å². The molecule has 2 aromatic carbocycles. The van der Waals surface area contributed by atoms with Gasteiger partial charge in [-0.25, -0.2) is 4.79 Å². The number of anilines is 1. The number of hydrogen-bond acceptors (Lipinski definition) is 4. The molecule has 1 saturated carbocycles. The van der Waals surface area contributed by atoms with Crippen LogP contribution in [0.5, 0.6) is 5.75 Å². The Hall–Kier alpha value is -3.05. The van der Waals surface area contributed by atoms with E-state index in [1.54, 1.807) is 0 Å². The van der Waals surface area contributed by atoms with Crippen LogP contribution in [0.2, 0.25) is 5.02 Å². The molecule has 0 radical (unpaired) electrons. The van der Waals surface area contributed by atoms with Gasteiger partial charge >= 0.3 is 5.97 Å². The maximum absolute atomic E-state index is 12.7. The molecule has 2 atom stereocenters. The van der Waals surface area contributed by atoms with Crippen LogP contribution in [0, 0.1) is 17.3 Å². The predicted molar refractivity (Wildman–Crippen MR) is 164 cm³/mol. The van der Waals surface area contributed by atoms with Gasteiger partial charge in [0.1, 0.15) is 11.3 Å². The van der Waals surface area contributed by atoms with Gasteiger partial charge in [-0.3, -0.25) is 4.98 Å². The van der Waals surface area contributed by atoms with Gasteiger partial charge in [-0.15, -0.1) is 0 Å². The van der Waals surface area contributed by atoms with E-state index in [0.717, 1.165) is 50.0 Å². The summed E-state index contributed by atoms with van der Waals surface area (Å²) in [7, 11) is 0. The van der Waals surface area contributed by atoms with E-state index < -0.39 is 11.5 Å². The Balaban J connectivity index is 1.18. The van der Waals surface area contributed by atoms with Crippen molar-refractivity contribution in [2.24, 2.45) is 17.3 Å². The Bertz CT molecular complexity index is 1440. The largest absolute Gasteiger partial charge is 0.493 e. The number of carboxylic acids is 1. The Labute approximate surface area is 248 Å². The molecular weight excluding hydrogens is 532 g/mol. The lowest BCUT2D eigenvalue weighted by Crippen LogP contribution is -2.53. The van der Waals surface area contributed by atoms with Crippen molar-refractivity contribution in [1.82, 2.24) is 4.98 Å². The smallest absolute Gasteiger partial charge is 0.329 e. The number of nitrogens with one attached hydrogen (secondary N) is 1. The third-order valence-corrected chi connectivity index (χ3v) is 10.3. The van der Waals surface area contributed by atoms with Gasteiger partial charge in [-0.2, -0.15) is 0 Å². The van der Waals surface area contributed by atoms with Crippen molar-refractivity contribution < 1.29 is 14.6 Å². The van der Waals surface area contributed by atoms with Crippen LogP contribution in [0.15, 0.2) is 60.8 Å². The number of fused-ring (bicyclic) bond motifs is 3. The molecule has 6 heteroatoms. The molecule has 2 N–H and O–H groups in total. The second-order valence-corrected chi connectivity index (χ2v) is 14.1. The van der Waals surface area contributed by atoms with Crippen molar-refractivity contribution >= 4 is 23.3 Å². The van der Waals surface area contributed by atoms with E-state index in [-0.39, 0.29) is 10.8 Å². The van der Waals surface area contributed by atoms with E-state index in [1.807, 2.05) is 36.5 Å². The summed E-state index contributed by atoms with van der Waals surface area (Å²) in [6.45, 7) is 7.57. The number of aromatic nitrogens is 1. The van der Waals surface area contributed by atoms with E-state index >= 15 is 0 Å². The molecule has 1 spiro atoms. The Morgan fingerprint density at radius 3 is 2.63 bits per heavy atom. The highest BCUT2D eigenvalue weighted by atomic mass is 35.5. The number of carboxylic acid groups (broad SMARTS) is 1. The van der Waals surface area contributed by atoms with E-state index in [4.69, 9.17) is 16.3 Å². The fraction of sp³-hybridized carbons (Fsp3) is 0.486. The average molecular weight is 573 g/mol. The first-order chi connectivity index (χ1) is 19.6. The number of aliphatic carboxylic acids is 1. The summed E-state index contributed by atoms with van der Waals surface area (Å²) in [4.78, 5) is 17.3. The second-order valence-electron chi connectivity index (χ2n) is 13.6. The quantitative estimate of drug-likeness (QED) is 0.287. The number of benzene rings is 2. The molecule has 1 aromatic heterocycles. The number of carbonyl (C=O) groups is 1. The van der Waals surface area contributed by atoms with Gasteiger partial charge in [0.2, 0.25) is 0 Å². The minimum absolute atomic E-state index is 0.0121. The molecule has 1 heterocycles. The SMILES string of the molecule is C[C@@H](COc1ccnc2c1CC(C)(C)C2)CC1Cc2ccccc2C12CCC(Nc1cccc(Cl)c1)(C(=O)O)CC2. The van der Waals surface area contributed by atoms with Crippen molar-refractivity contribution in [1.29, 1.82) is 0 Å². The van der Waals surface area contributed by atoms with Crippen LogP contribution < -0.4 is 10.1 Å². The van der Waals surface area contributed by atoms with Crippen LogP contribution in [0.4, 0.5) is 5.69 Å². The Kier molecular flexibility index (Phi) is 7.30. The molecular formula is C35H41ClN2O3. The maximum Gasteiger partial charge on any atom is 0.329 e. The molecule has 6 rings (SSSR count). The highest BCUT2D eigenvalue weighted by Gasteiger charge is 2.54. The van der Waals surface area contributed by atoms with Gasteiger partial charge in [-0.05, 0) is 109 Å². The topological polar surface area (TPSA) is 71.5 Å². The van der Waals surface area contributed by atoms with E-state index in [9.17, 15) is 9.90 Å². The van der Waals surface area contributed by atoms with Gasteiger partial charge < -0.3 is 15.2 Å². The summed E-state index contributed by atoms with van der Waals surface area (Å²) < 4.78 is 6.47. The highest BCUT2D eigenvalue weighted by molar-refractivity contribution is 6.30. The molecule has 0 amide bonds. The molecule has 3 aliphatic rings. The molecule has 0 saturated heterocycles. The first kappa shape index (κ1) is 28.1. The standard InChI is InChI=1S/C35H41ClN2O3/c1-23(22-41-31-11-16-37-30-21-33(2,3)20-28(30)31)17-25-18-24-7-4-5-10-29(24)34(25)12-14-35(15-13-34,32(39)40)38-27-9-6-8-26(36)19-27/h4-11,16,19,23,25,38H,12-15,17-18,20-22H2,1-3H3,(H,39,40)/t23-,25?,34?,35?/m1/s1. The predicted octanol–water partition coefficient (Wildman–Crippen LogP) is 7.88. The van der Waals surface area contributed by atoms with Gasteiger partial charge in [0, 0.05) is 28.2 Å². The van der Waals surface area contributed by atoms with Crippen LogP contribution in [-0.4, -0.2) is 28.2 Å². The second kappa shape index (κ2) is 10.7. The summed E-state index contributed by atoms with van der Waals surface area (Å²) >= 11 is 6.21. The summed E-state index contributed by atoms with van der Waals surface area (Å²) in [5.41, 5.74) is 5.29. The lowest BCUT2D eigenvalue weighted by molar-refractivity contribution is -0.144. The maximum atomic E-state index is 12.7. The van der Waals surface area contributed by atoms with Crippen LogP contribution in [0.1, 0.15) is 75.3 Å². The molecule has 0 bridgehead atoms. The Morgan fingerprint density at radius 1 is 1.10 bits per heavy atom. The van der Waals surface area contributed by atoms with Gasteiger partial charge in [0.25, 0.3) is 0 Å². The van der Waals surface area contributed by atoms with Crippen LogP contribution >= 0.6 is 11.6 Å². The Morgan fingerprint density at radius 2 is 1.88 bits per heavy atom. The lowest BCUT2D eigenvalue weighted by atomic mass is 9.59. The number of halogens is 1. The number of pyridine rings is 1. The van der Waals surface area contributed by atoms with Crippen molar-refractivity contribution in [3.63, 3.8) is 0 Å². The normalized spacial score (nSPS) is 26.8. The summed E-state index contributed by atoms with van der Waals surface area (Å²) in [6.07, 6.45) is 8.82. The summed E-state index contributed by atoms with van der Waals surface area (Å²) in [5.74, 6) is 1.04. The fourth-order valence-corrected chi connectivity index (χ4v) is 8.17. The van der Waals surface area contributed by atoms with E-state index in [1.165, 1.54) is 22.4 Å². The zero-order valence-corrected chi connectivity index (χ0v) is 25.1. The van der Waals surface area contributed by atoms with E-state index in [0.29, 0.717) is 36.3 Å². The zero-order valence-electron chi connectivity index (χ0n) is 24.4. The molecule has 1 fully saturated rings. The summed E-state index contributed by atoms with van der Waals surface area (Å²) in [5, 5.41) is 14.4. The first-order valence-electron chi connectivity index (χ1n) is 15.0. The fourth-order valence-electron chi connectivity index (χ4n) is 7.98. The van der Waals surface area contributed by atoms with Gasteiger partial charge in [-0.1, -0.05) is 62.7 Å². The third kappa shape index (κ3) is 5.34. The minimum Gasteiger partial charge on any atom is -0.493 e. The first-order valence-corrected chi connectivity index (χ1v) is 15.4. The van der Waals surface area contributed by atoms with Gasteiger partial charge in [0.05, 0.1) is 6.61 Å². The molecule has 41 heavy (non-hydrogen) atoms. The van der Waals surface area contributed by atoms with E-state index in [2.05, 4.69) is 55.3 Å². The molecule has 0 aliphatic heterocycles. The third-order valence-electron chi connectivity index (χ3n) is 10.0. The molecule has 5 nitrogen and oxygen atoms in total. The minimum atomic E-state index is -0.998. The van der Waals surface area contributed by atoms with Crippen molar-refractivity contribution in [3.05, 3.63) is 88.2 Å². The van der Waals surface area contributed by atoms with Crippen molar-refractivity contribution in [2.75, 3.05) is 11.9 Å². The van der Waals surface area contributed by atoms with Crippen LogP contribution in [0.25, 0.3) is 0 Å². The highest BCUT2D eigenvalue weighted by Crippen LogP contribution is 2.56. The number of rotatable bonds is 8. The molecule has 216 valence electrons. The van der Waals surface area contributed by atoms with Crippen molar-refractivity contribution in [2.45, 2.75) is 83.1 Å². The molecule has 3 aliphatic carbocycles. The van der Waals surface area contributed by atoms with Gasteiger partial charge in [0.15, 0.2) is 0 Å². The number of hydrogen-bond donors (Lipinski definition) is 2. The monoisotopic (exact) mass is 572 g/mol. The molecule has 1 unspecified atom stereocenters. The lowest BCUT2D eigenvalue weighted by Gasteiger charge is -2.47. The number of ether oxygens (including phenoxy) is 1. The average Bonchev–Trinajstić information content (AvgIpc) is 3.41. The number of nitrogens with zero attached hydrogens (tertiary/aromatic N) is 1. The zero-order chi connectivity index (χ0) is 28.8. The van der Waals surface area contributed by atoms with Crippen molar-refractivity contribution in [3.8, 4) is 5.75 Å². The molecule has 3 aromatic rings. The van der Waals surface area contributed by atoms with Crippen LogP contribution in [-0.2, 0) is 29.5 Å². The summed E-state index contributed by atoms with van der Waals surface area (Å²) in [6, 6.07) is 18.2.